The molecule has 0 aromatic heterocycles. The van der Waals surface area contributed by atoms with E-state index in [1.54, 1.807) is 36.9 Å². The number of carbonyl (C=O) groups excluding carboxylic acids is 1. The highest BCUT2D eigenvalue weighted by atomic mass is 32.2. The van der Waals surface area contributed by atoms with Crippen molar-refractivity contribution >= 4 is 35.4 Å². The van der Waals surface area contributed by atoms with Gasteiger partial charge in [-0.25, -0.2) is 9.79 Å². The van der Waals surface area contributed by atoms with E-state index in [2.05, 4.69) is 4.99 Å². The van der Waals surface area contributed by atoms with Crippen LogP contribution in [0.3, 0.4) is 0 Å². The summed E-state index contributed by atoms with van der Waals surface area (Å²) in [4.78, 5) is 28.0. The topological polar surface area (TPSA) is 81.8 Å². The van der Waals surface area contributed by atoms with E-state index in [0.29, 0.717) is 0 Å². The molecule has 0 atom stereocenters. The number of aliphatic imine (C=N–C) groups is 1. The predicted octanol–water partition coefficient (Wildman–Crippen LogP) is 3.97. The standard InChI is InChI=1S/C18H14N2O4S/c1-11-3-8-16(20(22)23)14(9-11)17-19-15(18(21)24-17)10-12-4-6-13(25-2)7-5-12/h3-10H,1-2H3. The van der Waals surface area contributed by atoms with Crippen LogP contribution in [0.4, 0.5) is 5.69 Å². The van der Waals surface area contributed by atoms with Gasteiger partial charge >= 0.3 is 5.97 Å². The van der Waals surface area contributed by atoms with Gasteiger partial charge in [0.05, 0.1) is 4.92 Å². The molecule has 0 saturated carbocycles. The molecule has 1 heterocycles. The zero-order chi connectivity index (χ0) is 18.0. The molecule has 2 aromatic carbocycles. The van der Waals surface area contributed by atoms with E-state index in [4.69, 9.17) is 4.74 Å². The van der Waals surface area contributed by atoms with Crippen molar-refractivity contribution in [2.75, 3.05) is 6.26 Å². The molecule has 0 fully saturated rings. The number of aryl methyl sites for hydroxylation is 1. The molecule has 7 heteroatoms. The maximum absolute atomic E-state index is 12.1. The molecule has 25 heavy (non-hydrogen) atoms. The molecular formula is C18H14N2O4S. The van der Waals surface area contributed by atoms with Gasteiger partial charge in [-0.1, -0.05) is 18.2 Å². The highest BCUT2D eigenvalue weighted by molar-refractivity contribution is 7.98. The second-order valence-electron chi connectivity index (χ2n) is 5.39. The van der Waals surface area contributed by atoms with E-state index in [1.165, 1.54) is 6.07 Å². The summed E-state index contributed by atoms with van der Waals surface area (Å²) in [5.41, 5.74) is 1.77. The summed E-state index contributed by atoms with van der Waals surface area (Å²) in [7, 11) is 0. The maximum Gasteiger partial charge on any atom is 0.363 e. The van der Waals surface area contributed by atoms with Gasteiger partial charge in [-0.15, -0.1) is 11.8 Å². The molecule has 0 saturated heterocycles. The fraction of sp³-hybridized carbons (Fsp3) is 0.111. The number of carbonyl (C=O) groups is 1. The SMILES string of the molecule is CSc1ccc(C=C2N=C(c3cc(C)ccc3[N+](=O)[O-])OC2=O)cc1. The first-order chi connectivity index (χ1) is 12.0. The van der Waals surface area contributed by atoms with E-state index >= 15 is 0 Å². The van der Waals surface area contributed by atoms with Gasteiger partial charge in [0.1, 0.15) is 5.56 Å². The van der Waals surface area contributed by atoms with E-state index in [-0.39, 0.29) is 22.8 Å². The average molecular weight is 354 g/mol. The third kappa shape index (κ3) is 3.61. The fourth-order valence-corrected chi connectivity index (χ4v) is 2.77. The van der Waals surface area contributed by atoms with Crippen LogP contribution in [-0.2, 0) is 9.53 Å². The number of nitrogens with zero attached hydrogens (tertiary/aromatic N) is 2. The molecule has 0 aliphatic carbocycles. The lowest BCUT2D eigenvalue weighted by atomic mass is 10.1. The molecule has 0 amide bonds. The van der Waals surface area contributed by atoms with Gasteiger partial charge in [-0.05, 0) is 48.6 Å². The van der Waals surface area contributed by atoms with Crippen LogP contribution >= 0.6 is 11.8 Å². The summed E-state index contributed by atoms with van der Waals surface area (Å²) in [5.74, 6) is -0.674. The van der Waals surface area contributed by atoms with Crippen LogP contribution in [0.15, 0.2) is 58.0 Å². The number of esters is 1. The molecule has 2 aromatic rings. The molecule has 0 unspecified atom stereocenters. The van der Waals surface area contributed by atoms with Gasteiger partial charge in [0.2, 0.25) is 5.90 Å². The number of ether oxygens (including phenoxy) is 1. The molecule has 1 aliphatic rings. The van der Waals surface area contributed by atoms with Crippen molar-refractivity contribution in [2.45, 2.75) is 11.8 Å². The number of thioether (sulfide) groups is 1. The minimum Gasteiger partial charge on any atom is -0.402 e. The lowest BCUT2D eigenvalue weighted by Gasteiger charge is -2.02. The number of cyclic esters (lactones) is 1. The predicted molar refractivity (Wildman–Crippen MR) is 96.7 cm³/mol. The molecule has 0 spiro atoms. The van der Waals surface area contributed by atoms with E-state index in [9.17, 15) is 14.9 Å². The molecule has 0 N–H and O–H groups in total. The van der Waals surface area contributed by atoms with Crippen LogP contribution in [0, 0.1) is 17.0 Å². The minimum absolute atomic E-state index is 0.0487. The second kappa shape index (κ2) is 6.90. The third-order valence-corrected chi connectivity index (χ3v) is 4.36. The van der Waals surface area contributed by atoms with Crippen molar-refractivity contribution in [2.24, 2.45) is 4.99 Å². The summed E-state index contributed by atoms with van der Waals surface area (Å²) >= 11 is 1.62. The van der Waals surface area contributed by atoms with Gasteiger partial charge in [-0.3, -0.25) is 10.1 Å². The lowest BCUT2D eigenvalue weighted by molar-refractivity contribution is -0.385. The third-order valence-electron chi connectivity index (χ3n) is 3.62. The first-order valence-corrected chi connectivity index (χ1v) is 8.62. The highest BCUT2D eigenvalue weighted by Gasteiger charge is 2.29. The average Bonchev–Trinajstić information content (AvgIpc) is 2.96. The van der Waals surface area contributed by atoms with Crippen molar-refractivity contribution in [3.05, 3.63) is 75.0 Å². The van der Waals surface area contributed by atoms with Crippen LogP contribution in [0.2, 0.25) is 0 Å². The summed E-state index contributed by atoms with van der Waals surface area (Å²) in [6.45, 7) is 1.80. The van der Waals surface area contributed by atoms with Gasteiger partial charge in [0.25, 0.3) is 5.69 Å². The van der Waals surface area contributed by atoms with Crippen LogP contribution in [-0.4, -0.2) is 23.0 Å². The van der Waals surface area contributed by atoms with Crippen molar-refractivity contribution in [1.82, 2.24) is 0 Å². The molecule has 126 valence electrons. The van der Waals surface area contributed by atoms with E-state index < -0.39 is 10.9 Å². The molecular weight excluding hydrogens is 340 g/mol. The zero-order valence-electron chi connectivity index (χ0n) is 13.6. The summed E-state index contributed by atoms with van der Waals surface area (Å²) in [6, 6.07) is 12.2. The molecule has 1 aliphatic heterocycles. The Morgan fingerprint density at radius 2 is 1.92 bits per heavy atom. The highest BCUT2D eigenvalue weighted by Crippen LogP contribution is 2.26. The minimum atomic E-state index is -0.625. The van der Waals surface area contributed by atoms with Crippen molar-refractivity contribution < 1.29 is 14.5 Å². The van der Waals surface area contributed by atoms with Crippen molar-refractivity contribution in [1.29, 1.82) is 0 Å². The fourth-order valence-electron chi connectivity index (χ4n) is 2.36. The number of benzene rings is 2. The number of nitro benzene ring substituents is 1. The smallest absolute Gasteiger partial charge is 0.363 e. The normalized spacial score (nSPS) is 15.2. The zero-order valence-corrected chi connectivity index (χ0v) is 14.4. The van der Waals surface area contributed by atoms with Crippen LogP contribution in [0.5, 0.6) is 0 Å². The number of rotatable bonds is 4. The number of nitro groups is 1. The molecule has 0 bridgehead atoms. The second-order valence-corrected chi connectivity index (χ2v) is 6.27. The first kappa shape index (κ1) is 16.9. The summed E-state index contributed by atoms with van der Waals surface area (Å²) in [5, 5.41) is 11.2. The van der Waals surface area contributed by atoms with Crippen LogP contribution < -0.4 is 0 Å². The number of hydrogen-bond acceptors (Lipinski definition) is 6. The molecule has 6 nitrogen and oxygen atoms in total. The lowest BCUT2D eigenvalue weighted by Crippen LogP contribution is -2.08. The monoisotopic (exact) mass is 354 g/mol. The van der Waals surface area contributed by atoms with E-state index in [0.717, 1.165) is 16.0 Å². The largest absolute Gasteiger partial charge is 0.402 e. The molecule has 3 rings (SSSR count). The summed E-state index contributed by atoms with van der Waals surface area (Å²) < 4.78 is 5.16. The van der Waals surface area contributed by atoms with Crippen LogP contribution in [0.1, 0.15) is 16.7 Å². The van der Waals surface area contributed by atoms with Gasteiger partial charge < -0.3 is 4.74 Å². The first-order valence-electron chi connectivity index (χ1n) is 7.40. The Kier molecular flexibility index (Phi) is 4.67. The van der Waals surface area contributed by atoms with Crippen molar-refractivity contribution in [3.8, 4) is 0 Å². The van der Waals surface area contributed by atoms with Gasteiger partial charge in [-0.2, -0.15) is 0 Å². The van der Waals surface area contributed by atoms with E-state index in [1.807, 2.05) is 30.5 Å². The Morgan fingerprint density at radius 3 is 2.56 bits per heavy atom. The quantitative estimate of drug-likeness (QED) is 0.273. The Morgan fingerprint density at radius 1 is 1.20 bits per heavy atom. The van der Waals surface area contributed by atoms with Crippen molar-refractivity contribution in [3.63, 3.8) is 0 Å². The number of hydrogen-bond donors (Lipinski definition) is 0. The van der Waals surface area contributed by atoms with Gasteiger partial charge in [0.15, 0.2) is 5.70 Å². The Bertz CT molecular complexity index is 917. The molecule has 0 radical (unpaired) electrons. The Hall–Kier alpha value is -2.93. The summed E-state index contributed by atoms with van der Waals surface area (Å²) in [6.07, 6.45) is 3.58. The Labute approximate surface area is 148 Å². The maximum atomic E-state index is 12.1. The van der Waals surface area contributed by atoms with Crippen LogP contribution in [0.25, 0.3) is 6.08 Å². The Balaban J connectivity index is 1.99. The van der Waals surface area contributed by atoms with Gasteiger partial charge in [0, 0.05) is 11.0 Å².